The summed E-state index contributed by atoms with van der Waals surface area (Å²) in [5.74, 6) is -0.0462. The third-order valence-electron chi connectivity index (χ3n) is 2.51. The Morgan fingerprint density at radius 1 is 1.38 bits per heavy atom. The summed E-state index contributed by atoms with van der Waals surface area (Å²) in [6.07, 6.45) is 1.17. The van der Waals surface area contributed by atoms with Crippen LogP contribution >= 0.6 is 12.4 Å². The number of anilines is 1. The van der Waals surface area contributed by atoms with Crippen LogP contribution in [0, 0.1) is 0 Å². The smallest absolute Gasteiger partial charge is 0.224 e. The van der Waals surface area contributed by atoms with E-state index in [1.165, 1.54) is 0 Å². The molecule has 0 saturated heterocycles. The molecule has 1 amide bonds. The highest BCUT2D eigenvalue weighted by Gasteiger charge is 2.15. The van der Waals surface area contributed by atoms with Gasteiger partial charge in [0, 0.05) is 17.7 Å². The Labute approximate surface area is 99.6 Å². The molecule has 0 radical (unpaired) electrons. The van der Waals surface area contributed by atoms with Crippen LogP contribution in [0.15, 0.2) is 18.2 Å². The fourth-order valence-electron chi connectivity index (χ4n) is 1.67. The van der Waals surface area contributed by atoms with Gasteiger partial charge in [-0.2, -0.15) is 0 Å². The van der Waals surface area contributed by atoms with Gasteiger partial charge >= 0.3 is 0 Å². The van der Waals surface area contributed by atoms with Gasteiger partial charge in [0.05, 0.1) is 6.54 Å². The molecule has 0 aliphatic carbocycles. The lowest BCUT2D eigenvalue weighted by Gasteiger charge is -2.17. The number of halogens is 1. The molecule has 0 saturated carbocycles. The Balaban J connectivity index is 0.00000128. The summed E-state index contributed by atoms with van der Waals surface area (Å²) in [6, 6.07) is 5.26. The molecule has 16 heavy (non-hydrogen) atoms. The summed E-state index contributed by atoms with van der Waals surface area (Å²) in [6.45, 7) is 0.0190. The highest BCUT2D eigenvalue weighted by Crippen LogP contribution is 2.23. The molecule has 0 fully saturated rings. The molecule has 0 unspecified atom stereocenters. The minimum atomic E-state index is -0.0744. The van der Waals surface area contributed by atoms with E-state index >= 15 is 0 Å². The molecule has 1 aliphatic heterocycles. The number of nitrogens with one attached hydrogen (secondary N) is 1. The number of aryl methyl sites for hydroxylation is 1. The maximum absolute atomic E-state index is 11.4. The number of ketones is 1. The van der Waals surface area contributed by atoms with E-state index in [1.54, 1.807) is 12.1 Å². The van der Waals surface area contributed by atoms with E-state index in [0.717, 1.165) is 11.3 Å². The zero-order valence-corrected chi connectivity index (χ0v) is 9.47. The average Bonchev–Trinajstić information content (AvgIpc) is 2.27. The Kier molecular flexibility index (Phi) is 4.04. The van der Waals surface area contributed by atoms with Gasteiger partial charge in [-0.25, -0.2) is 0 Å². The molecule has 0 bridgehead atoms. The van der Waals surface area contributed by atoms with Gasteiger partial charge < -0.3 is 11.1 Å². The lowest BCUT2D eigenvalue weighted by atomic mass is 9.99. The molecule has 5 heteroatoms. The van der Waals surface area contributed by atoms with Crippen molar-refractivity contribution in [1.82, 2.24) is 0 Å². The Morgan fingerprint density at radius 2 is 2.12 bits per heavy atom. The number of amides is 1. The van der Waals surface area contributed by atoms with Crippen molar-refractivity contribution in [3.8, 4) is 0 Å². The number of carbonyl (C=O) groups is 2. The van der Waals surface area contributed by atoms with E-state index in [4.69, 9.17) is 5.73 Å². The van der Waals surface area contributed by atoms with Crippen molar-refractivity contribution >= 4 is 29.8 Å². The van der Waals surface area contributed by atoms with E-state index in [9.17, 15) is 9.59 Å². The van der Waals surface area contributed by atoms with E-state index in [0.29, 0.717) is 18.4 Å². The zero-order valence-electron chi connectivity index (χ0n) is 8.66. The lowest BCUT2D eigenvalue weighted by molar-refractivity contribution is -0.116. The maximum Gasteiger partial charge on any atom is 0.224 e. The second kappa shape index (κ2) is 5.09. The second-order valence-corrected chi connectivity index (χ2v) is 3.55. The largest absolute Gasteiger partial charge is 0.326 e. The van der Waals surface area contributed by atoms with E-state index in [-0.39, 0.29) is 30.6 Å². The van der Waals surface area contributed by atoms with Gasteiger partial charge in [0.25, 0.3) is 0 Å². The van der Waals surface area contributed by atoms with Crippen molar-refractivity contribution in [2.45, 2.75) is 12.8 Å². The van der Waals surface area contributed by atoms with Crippen molar-refractivity contribution < 1.29 is 9.59 Å². The highest BCUT2D eigenvalue weighted by molar-refractivity contribution is 5.99. The first-order valence-electron chi connectivity index (χ1n) is 4.87. The Morgan fingerprint density at radius 3 is 2.81 bits per heavy atom. The van der Waals surface area contributed by atoms with E-state index < -0.39 is 0 Å². The Bertz CT molecular complexity index is 432. The molecule has 1 heterocycles. The summed E-state index contributed by atoms with van der Waals surface area (Å²) in [5.41, 5.74) is 7.71. The molecule has 2 rings (SSSR count). The van der Waals surface area contributed by atoms with Crippen LogP contribution in [-0.2, 0) is 11.2 Å². The van der Waals surface area contributed by atoms with E-state index in [1.807, 2.05) is 6.07 Å². The second-order valence-electron chi connectivity index (χ2n) is 3.55. The number of carbonyl (C=O) groups excluding carboxylic acids is 2. The molecule has 0 aromatic heterocycles. The predicted octanol–water partition coefficient (Wildman–Crippen LogP) is 1.13. The highest BCUT2D eigenvalue weighted by atomic mass is 35.5. The number of Topliss-reactive ketones (excluding diaryl/α,β-unsaturated/α-hetero) is 1. The molecule has 3 N–H and O–H groups in total. The summed E-state index contributed by atoms with van der Waals surface area (Å²) in [7, 11) is 0. The molecule has 1 aliphatic rings. The number of hydrogen-bond donors (Lipinski definition) is 2. The first-order chi connectivity index (χ1) is 7.20. The number of benzene rings is 1. The molecule has 0 atom stereocenters. The van der Waals surface area contributed by atoms with Crippen molar-refractivity contribution in [3.05, 3.63) is 29.3 Å². The van der Waals surface area contributed by atoms with Crippen LogP contribution in [0.3, 0.4) is 0 Å². The SMILES string of the molecule is Cl.NCC(=O)c1ccc2c(c1)CCC(=O)N2. The fourth-order valence-corrected chi connectivity index (χ4v) is 1.67. The zero-order chi connectivity index (χ0) is 10.8. The molecule has 86 valence electrons. The summed E-state index contributed by atoms with van der Waals surface area (Å²) < 4.78 is 0. The third-order valence-corrected chi connectivity index (χ3v) is 2.51. The predicted molar refractivity (Wildman–Crippen MR) is 64.0 cm³/mol. The number of rotatable bonds is 2. The van der Waals surface area contributed by atoms with Crippen LogP contribution in [0.2, 0.25) is 0 Å². The first kappa shape index (κ1) is 12.7. The standard InChI is InChI=1S/C11H12N2O2.ClH/c12-6-10(14)8-1-3-9-7(5-8)2-4-11(15)13-9;/h1,3,5H,2,4,6,12H2,(H,13,15);1H. The summed E-state index contributed by atoms with van der Waals surface area (Å²) in [4.78, 5) is 22.5. The van der Waals surface area contributed by atoms with Gasteiger partial charge in [-0.1, -0.05) is 0 Å². The van der Waals surface area contributed by atoms with Crippen LogP contribution < -0.4 is 11.1 Å². The number of fused-ring (bicyclic) bond motifs is 1. The molecular formula is C11H13ClN2O2. The van der Waals surface area contributed by atoms with Crippen LogP contribution in [0.25, 0.3) is 0 Å². The molecule has 1 aromatic carbocycles. The molecular weight excluding hydrogens is 228 g/mol. The Hall–Kier alpha value is -1.39. The van der Waals surface area contributed by atoms with Gasteiger partial charge in [0.2, 0.25) is 5.91 Å². The molecule has 0 spiro atoms. The van der Waals surface area contributed by atoms with Crippen LogP contribution in [0.5, 0.6) is 0 Å². The summed E-state index contributed by atoms with van der Waals surface area (Å²) >= 11 is 0. The van der Waals surface area contributed by atoms with Crippen LogP contribution in [0.4, 0.5) is 5.69 Å². The van der Waals surface area contributed by atoms with Crippen molar-refractivity contribution in [2.75, 3.05) is 11.9 Å². The van der Waals surface area contributed by atoms with Crippen molar-refractivity contribution in [1.29, 1.82) is 0 Å². The van der Waals surface area contributed by atoms with Gasteiger partial charge in [0.15, 0.2) is 5.78 Å². The van der Waals surface area contributed by atoms with Gasteiger partial charge in [-0.15, -0.1) is 12.4 Å². The number of hydrogen-bond acceptors (Lipinski definition) is 3. The lowest BCUT2D eigenvalue weighted by Crippen LogP contribution is -2.20. The third kappa shape index (κ3) is 2.40. The number of nitrogens with two attached hydrogens (primary N) is 1. The van der Waals surface area contributed by atoms with Gasteiger partial charge in [0.1, 0.15) is 0 Å². The monoisotopic (exact) mass is 240 g/mol. The average molecular weight is 241 g/mol. The minimum Gasteiger partial charge on any atom is -0.326 e. The maximum atomic E-state index is 11.4. The van der Waals surface area contributed by atoms with Crippen LogP contribution in [-0.4, -0.2) is 18.2 Å². The fraction of sp³-hybridized carbons (Fsp3) is 0.273. The molecule has 1 aromatic rings. The normalized spacial score (nSPS) is 13.4. The van der Waals surface area contributed by atoms with Gasteiger partial charge in [-0.3, -0.25) is 9.59 Å². The minimum absolute atomic E-state index is 0. The topological polar surface area (TPSA) is 72.2 Å². The molecule has 4 nitrogen and oxygen atoms in total. The van der Waals surface area contributed by atoms with Crippen LogP contribution in [0.1, 0.15) is 22.3 Å². The van der Waals surface area contributed by atoms with Crippen molar-refractivity contribution in [2.24, 2.45) is 5.73 Å². The quantitative estimate of drug-likeness (QED) is 0.762. The summed E-state index contributed by atoms with van der Waals surface area (Å²) in [5, 5.41) is 2.76. The van der Waals surface area contributed by atoms with E-state index in [2.05, 4.69) is 5.32 Å². The van der Waals surface area contributed by atoms with Gasteiger partial charge in [-0.05, 0) is 30.2 Å². The van der Waals surface area contributed by atoms with Crippen molar-refractivity contribution in [3.63, 3.8) is 0 Å². The first-order valence-corrected chi connectivity index (χ1v) is 4.87.